The minimum atomic E-state index is -0.524. The van der Waals surface area contributed by atoms with Crippen LogP contribution in [-0.2, 0) is 4.74 Å². The van der Waals surface area contributed by atoms with Crippen molar-refractivity contribution in [3.05, 3.63) is 18.1 Å². The van der Waals surface area contributed by atoms with E-state index in [-0.39, 0.29) is 12.3 Å². The van der Waals surface area contributed by atoms with E-state index in [1.165, 1.54) is 19.5 Å². The number of nitrogens with zero attached hydrogens (tertiary/aromatic N) is 2. The number of hydrogen-bond acceptors (Lipinski definition) is 6. The predicted molar refractivity (Wildman–Crippen MR) is 62.8 cm³/mol. The van der Waals surface area contributed by atoms with Crippen LogP contribution in [0.3, 0.4) is 0 Å². The summed E-state index contributed by atoms with van der Waals surface area (Å²) in [5.74, 6) is -0.0134. The number of rotatable bonds is 5. The molecular weight excluding hydrogens is 222 g/mol. The molecule has 0 aliphatic rings. The summed E-state index contributed by atoms with van der Waals surface area (Å²) in [7, 11) is 1.29. The largest absolute Gasteiger partial charge is 0.464 e. The van der Waals surface area contributed by atoms with Gasteiger partial charge in [-0.05, 0) is 13.3 Å². The number of methoxy groups -OCH3 is 1. The van der Waals surface area contributed by atoms with Crippen LogP contribution in [0.1, 0.15) is 30.8 Å². The summed E-state index contributed by atoms with van der Waals surface area (Å²) < 4.78 is 4.52. The molecule has 94 valence electrons. The maximum absolute atomic E-state index is 11.1. The number of anilines is 1. The molecule has 0 aliphatic heterocycles. The first kappa shape index (κ1) is 13.4. The van der Waals surface area contributed by atoms with Gasteiger partial charge >= 0.3 is 5.97 Å². The van der Waals surface area contributed by atoms with Crippen molar-refractivity contribution in [2.24, 2.45) is 0 Å². The first-order valence-electron chi connectivity index (χ1n) is 5.34. The summed E-state index contributed by atoms with van der Waals surface area (Å²) in [6, 6.07) is 0. The third-order valence-corrected chi connectivity index (χ3v) is 2.61. The van der Waals surface area contributed by atoms with Gasteiger partial charge in [0.15, 0.2) is 5.69 Å². The Kier molecular flexibility index (Phi) is 4.39. The Bertz CT molecular complexity index is 374. The van der Waals surface area contributed by atoms with Gasteiger partial charge in [0.05, 0.1) is 31.6 Å². The fourth-order valence-corrected chi connectivity index (χ4v) is 1.15. The molecule has 2 N–H and O–H groups in total. The van der Waals surface area contributed by atoms with Gasteiger partial charge in [0.25, 0.3) is 0 Å². The van der Waals surface area contributed by atoms with E-state index in [1.54, 1.807) is 0 Å². The summed E-state index contributed by atoms with van der Waals surface area (Å²) in [4.78, 5) is 19.1. The van der Waals surface area contributed by atoms with Crippen LogP contribution >= 0.6 is 0 Å². The first-order valence-corrected chi connectivity index (χ1v) is 5.34. The molecule has 0 aromatic carbocycles. The maximum Gasteiger partial charge on any atom is 0.358 e. The van der Waals surface area contributed by atoms with E-state index in [9.17, 15) is 9.90 Å². The zero-order valence-corrected chi connectivity index (χ0v) is 10.2. The number of aliphatic hydroxyl groups excluding tert-OH is 1. The lowest BCUT2D eigenvalue weighted by Crippen LogP contribution is -2.38. The molecule has 17 heavy (non-hydrogen) atoms. The number of ether oxygens (including phenoxy) is 1. The highest BCUT2D eigenvalue weighted by Crippen LogP contribution is 2.15. The second-order valence-electron chi connectivity index (χ2n) is 3.98. The zero-order chi connectivity index (χ0) is 12.9. The number of aromatic nitrogens is 2. The van der Waals surface area contributed by atoms with Gasteiger partial charge in [-0.25, -0.2) is 14.8 Å². The third kappa shape index (κ3) is 3.39. The summed E-state index contributed by atoms with van der Waals surface area (Å²) in [5.41, 5.74) is -0.290. The molecule has 0 saturated carbocycles. The number of aliphatic hydroxyl groups is 1. The van der Waals surface area contributed by atoms with Crippen molar-refractivity contribution in [3.63, 3.8) is 0 Å². The lowest BCUT2D eigenvalue weighted by Gasteiger charge is -2.27. The van der Waals surface area contributed by atoms with Gasteiger partial charge in [-0.15, -0.1) is 0 Å². The Morgan fingerprint density at radius 3 is 2.65 bits per heavy atom. The van der Waals surface area contributed by atoms with Crippen LogP contribution in [0.4, 0.5) is 5.82 Å². The zero-order valence-electron chi connectivity index (χ0n) is 10.2. The van der Waals surface area contributed by atoms with Gasteiger partial charge in [0.2, 0.25) is 0 Å². The van der Waals surface area contributed by atoms with Crippen molar-refractivity contribution >= 4 is 11.8 Å². The Labute approximate surface area is 100 Å². The predicted octanol–water partition coefficient (Wildman–Crippen LogP) is 0.836. The lowest BCUT2D eigenvalue weighted by molar-refractivity contribution is 0.0593. The summed E-state index contributed by atoms with van der Waals surface area (Å²) in [6.45, 7) is 3.83. The molecular formula is C11H17N3O3. The molecule has 1 unspecified atom stereocenters. The third-order valence-electron chi connectivity index (χ3n) is 2.61. The van der Waals surface area contributed by atoms with Gasteiger partial charge in [-0.2, -0.15) is 0 Å². The normalized spacial score (nSPS) is 13.9. The summed E-state index contributed by atoms with van der Waals surface area (Å²) in [6.07, 6.45) is 3.52. The Balaban J connectivity index is 2.78. The van der Waals surface area contributed by atoms with E-state index in [4.69, 9.17) is 0 Å². The monoisotopic (exact) mass is 239 g/mol. The van der Waals surface area contributed by atoms with E-state index in [1.807, 2.05) is 13.8 Å². The van der Waals surface area contributed by atoms with Crippen molar-refractivity contribution in [1.82, 2.24) is 9.97 Å². The topological polar surface area (TPSA) is 84.3 Å². The van der Waals surface area contributed by atoms with E-state index < -0.39 is 11.5 Å². The SMILES string of the molecule is CCC(C)(CO)Nc1cnc(C(=O)OC)cn1. The molecule has 0 radical (unpaired) electrons. The number of carbonyl (C=O) groups is 1. The molecule has 1 aromatic heterocycles. The van der Waals surface area contributed by atoms with Crippen molar-refractivity contribution in [2.75, 3.05) is 19.0 Å². The fourth-order valence-electron chi connectivity index (χ4n) is 1.15. The highest BCUT2D eigenvalue weighted by atomic mass is 16.5. The summed E-state index contributed by atoms with van der Waals surface area (Å²) >= 11 is 0. The molecule has 0 fully saturated rings. The van der Waals surface area contributed by atoms with Crippen LogP contribution in [0.2, 0.25) is 0 Å². The minimum absolute atomic E-state index is 0.00999. The number of hydrogen-bond donors (Lipinski definition) is 2. The Hall–Kier alpha value is -1.69. The fraction of sp³-hybridized carbons (Fsp3) is 0.545. The molecule has 1 atom stereocenters. The van der Waals surface area contributed by atoms with Gasteiger partial charge in [-0.3, -0.25) is 0 Å². The first-order chi connectivity index (χ1) is 8.04. The van der Waals surface area contributed by atoms with Crippen LogP contribution in [0.15, 0.2) is 12.4 Å². The molecule has 0 spiro atoms. The highest BCUT2D eigenvalue weighted by Gasteiger charge is 2.21. The van der Waals surface area contributed by atoms with Crippen LogP contribution in [0.25, 0.3) is 0 Å². The van der Waals surface area contributed by atoms with E-state index in [0.717, 1.165) is 6.42 Å². The molecule has 6 heteroatoms. The van der Waals surface area contributed by atoms with Crippen LogP contribution in [-0.4, -0.2) is 40.3 Å². The van der Waals surface area contributed by atoms with Crippen molar-refractivity contribution < 1.29 is 14.6 Å². The summed E-state index contributed by atoms with van der Waals surface area (Å²) in [5, 5.41) is 12.3. The molecule has 0 bridgehead atoms. The Morgan fingerprint density at radius 1 is 1.53 bits per heavy atom. The van der Waals surface area contributed by atoms with Crippen LogP contribution < -0.4 is 5.32 Å². The molecule has 0 amide bonds. The molecule has 6 nitrogen and oxygen atoms in total. The van der Waals surface area contributed by atoms with Gasteiger partial charge in [-0.1, -0.05) is 6.92 Å². The number of carbonyl (C=O) groups excluding carboxylic acids is 1. The quantitative estimate of drug-likeness (QED) is 0.740. The van der Waals surface area contributed by atoms with E-state index >= 15 is 0 Å². The van der Waals surface area contributed by atoms with Crippen molar-refractivity contribution in [3.8, 4) is 0 Å². The number of nitrogens with one attached hydrogen (secondary N) is 1. The maximum atomic E-state index is 11.1. The van der Waals surface area contributed by atoms with Gasteiger partial charge in [0.1, 0.15) is 5.82 Å². The average Bonchev–Trinajstić information content (AvgIpc) is 2.38. The minimum Gasteiger partial charge on any atom is -0.464 e. The Morgan fingerprint density at radius 2 is 2.24 bits per heavy atom. The van der Waals surface area contributed by atoms with E-state index in [2.05, 4.69) is 20.0 Å². The molecule has 0 saturated heterocycles. The number of esters is 1. The second kappa shape index (κ2) is 5.58. The molecule has 1 aromatic rings. The van der Waals surface area contributed by atoms with Gasteiger partial charge < -0.3 is 15.2 Å². The van der Waals surface area contributed by atoms with E-state index in [0.29, 0.717) is 5.82 Å². The van der Waals surface area contributed by atoms with Gasteiger partial charge in [0, 0.05) is 0 Å². The van der Waals surface area contributed by atoms with Crippen molar-refractivity contribution in [2.45, 2.75) is 25.8 Å². The average molecular weight is 239 g/mol. The standard InChI is InChI=1S/C11H17N3O3/c1-4-11(2,7-15)14-9-6-12-8(5-13-9)10(16)17-3/h5-6,15H,4,7H2,1-3H3,(H,13,14). The van der Waals surface area contributed by atoms with Crippen LogP contribution in [0, 0.1) is 0 Å². The molecule has 1 heterocycles. The smallest absolute Gasteiger partial charge is 0.358 e. The lowest BCUT2D eigenvalue weighted by atomic mass is 10.0. The van der Waals surface area contributed by atoms with Crippen LogP contribution in [0.5, 0.6) is 0 Å². The van der Waals surface area contributed by atoms with Crippen molar-refractivity contribution in [1.29, 1.82) is 0 Å². The highest BCUT2D eigenvalue weighted by molar-refractivity contribution is 5.86. The molecule has 1 rings (SSSR count). The molecule has 0 aliphatic carbocycles. The second-order valence-corrected chi connectivity index (χ2v) is 3.98.